The fourth-order valence-electron chi connectivity index (χ4n) is 2.22. The summed E-state index contributed by atoms with van der Waals surface area (Å²) in [7, 11) is -3.60. The van der Waals surface area contributed by atoms with Crippen LogP contribution in [-0.2, 0) is 14.8 Å². The predicted octanol–water partition coefficient (Wildman–Crippen LogP) is 2.84. The third-order valence-corrected chi connectivity index (χ3v) is 5.01. The van der Waals surface area contributed by atoms with Gasteiger partial charge in [0.05, 0.1) is 10.6 Å². The highest BCUT2D eigenvalue weighted by molar-refractivity contribution is 7.89. The van der Waals surface area contributed by atoms with Crippen LogP contribution in [-0.4, -0.2) is 27.0 Å². The van der Waals surface area contributed by atoms with Gasteiger partial charge in [0.25, 0.3) is 5.91 Å². The smallest absolute Gasteiger partial charge is 0.262 e. The van der Waals surface area contributed by atoms with E-state index in [2.05, 4.69) is 10.0 Å². The van der Waals surface area contributed by atoms with Crippen LogP contribution in [0.15, 0.2) is 47.4 Å². The molecule has 2 aromatic rings. The normalized spacial score (nSPS) is 11.4. The minimum Gasteiger partial charge on any atom is -0.483 e. The molecular formula is C18H21FN2O4S. The SMILES string of the molecule is Cc1cc(S(=O)(=O)NC(C)C)ccc1OCC(=O)Nc1ccccc1F. The Labute approximate surface area is 152 Å². The summed E-state index contributed by atoms with van der Waals surface area (Å²) in [4.78, 5) is 12.0. The lowest BCUT2D eigenvalue weighted by atomic mass is 10.2. The predicted molar refractivity (Wildman–Crippen MR) is 97.2 cm³/mol. The van der Waals surface area contributed by atoms with Gasteiger partial charge >= 0.3 is 0 Å². The first-order valence-corrected chi connectivity index (χ1v) is 9.47. The zero-order chi connectivity index (χ0) is 19.3. The maximum Gasteiger partial charge on any atom is 0.262 e. The fraction of sp³-hybridized carbons (Fsp3) is 0.278. The molecule has 0 radical (unpaired) electrons. The van der Waals surface area contributed by atoms with Gasteiger partial charge in [-0.25, -0.2) is 17.5 Å². The fourth-order valence-corrected chi connectivity index (χ4v) is 3.56. The van der Waals surface area contributed by atoms with Crippen LogP contribution in [0.1, 0.15) is 19.4 Å². The van der Waals surface area contributed by atoms with Gasteiger partial charge in [-0.15, -0.1) is 0 Å². The summed E-state index contributed by atoms with van der Waals surface area (Å²) < 4.78 is 45.7. The standard InChI is InChI=1S/C18H21FN2O4S/c1-12(2)21-26(23,24)14-8-9-17(13(3)10-14)25-11-18(22)20-16-7-5-4-6-15(16)19/h4-10,12,21H,11H2,1-3H3,(H,20,22). The molecule has 0 saturated carbocycles. The molecule has 2 rings (SSSR count). The molecule has 0 saturated heterocycles. The third-order valence-electron chi connectivity index (χ3n) is 3.35. The topological polar surface area (TPSA) is 84.5 Å². The van der Waals surface area contributed by atoms with Crippen LogP contribution in [0.3, 0.4) is 0 Å². The molecule has 26 heavy (non-hydrogen) atoms. The molecule has 0 bridgehead atoms. The Hall–Kier alpha value is -2.45. The molecular weight excluding hydrogens is 359 g/mol. The molecule has 6 nitrogen and oxygen atoms in total. The van der Waals surface area contributed by atoms with Crippen molar-refractivity contribution in [1.82, 2.24) is 4.72 Å². The van der Waals surface area contributed by atoms with Gasteiger partial charge in [0.15, 0.2) is 6.61 Å². The minimum atomic E-state index is -3.60. The number of hydrogen-bond acceptors (Lipinski definition) is 4. The van der Waals surface area contributed by atoms with E-state index in [-0.39, 0.29) is 23.2 Å². The molecule has 0 aromatic heterocycles. The highest BCUT2D eigenvalue weighted by atomic mass is 32.2. The van der Waals surface area contributed by atoms with E-state index in [9.17, 15) is 17.6 Å². The maximum atomic E-state index is 13.5. The third kappa shape index (κ3) is 5.27. The number of hydrogen-bond donors (Lipinski definition) is 2. The van der Waals surface area contributed by atoms with Crippen LogP contribution in [0.4, 0.5) is 10.1 Å². The number of sulfonamides is 1. The number of carbonyl (C=O) groups excluding carboxylic acids is 1. The summed E-state index contributed by atoms with van der Waals surface area (Å²) in [6.07, 6.45) is 0. The van der Waals surface area contributed by atoms with Gasteiger partial charge < -0.3 is 10.1 Å². The summed E-state index contributed by atoms with van der Waals surface area (Å²) in [5.41, 5.74) is 0.634. The highest BCUT2D eigenvalue weighted by Gasteiger charge is 2.17. The monoisotopic (exact) mass is 380 g/mol. The molecule has 0 fully saturated rings. The molecule has 1 amide bonds. The lowest BCUT2D eigenvalue weighted by molar-refractivity contribution is -0.118. The van der Waals surface area contributed by atoms with Gasteiger partial charge in [-0.2, -0.15) is 0 Å². The number of aryl methyl sites for hydroxylation is 1. The lowest BCUT2D eigenvalue weighted by Crippen LogP contribution is -2.30. The summed E-state index contributed by atoms with van der Waals surface area (Å²) in [6.45, 7) is 4.82. The molecule has 8 heteroatoms. The number of rotatable bonds is 7. The Balaban J connectivity index is 2.02. The number of anilines is 1. The second kappa shape index (κ2) is 8.29. The van der Waals surface area contributed by atoms with Crippen molar-refractivity contribution in [3.05, 3.63) is 53.8 Å². The molecule has 0 aliphatic carbocycles. The molecule has 0 unspecified atom stereocenters. The summed E-state index contributed by atoms with van der Waals surface area (Å²) in [6, 6.07) is 9.95. The second-order valence-corrected chi connectivity index (χ2v) is 7.73. The average Bonchev–Trinajstić information content (AvgIpc) is 2.54. The number of para-hydroxylation sites is 1. The molecule has 140 valence electrons. The van der Waals surface area contributed by atoms with Gasteiger partial charge in [-0.1, -0.05) is 12.1 Å². The Morgan fingerprint density at radius 3 is 2.50 bits per heavy atom. The van der Waals surface area contributed by atoms with Crippen LogP contribution >= 0.6 is 0 Å². The second-order valence-electron chi connectivity index (χ2n) is 6.02. The molecule has 2 N–H and O–H groups in total. The van der Waals surface area contributed by atoms with Crippen molar-refractivity contribution in [2.24, 2.45) is 0 Å². The van der Waals surface area contributed by atoms with Gasteiger partial charge in [-0.05, 0) is 56.7 Å². The van der Waals surface area contributed by atoms with Crippen molar-refractivity contribution in [1.29, 1.82) is 0 Å². The lowest BCUT2D eigenvalue weighted by Gasteiger charge is -2.13. The van der Waals surface area contributed by atoms with Crippen LogP contribution < -0.4 is 14.8 Å². The summed E-state index contributed by atoms with van der Waals surface area (Å²) >= 11 is 0. The van der Waals surface area contributed by atoms with Crippen molar-refractivity contribution < 1.29 is 22.3 Å². The first-order chi connectivity index (χ1) is 12.2. The van der Waals surface area contributed by atoms with Crippen LogP contribution in [0, 0.1) is 12.7 Å². The van der Waals surface area contributed by atoms with Gasteiger partial charge in [0.2, 0.25) is 10.0 Å². The summed E-state index contributed by atoms with van der Waals surface area (Å²) in [5.74, 6) is -0.686. The van der Waals surface area contributed by atoms with Crippen molar-refractivity contribution in [2.45, 2.75) is 31.7 Å². The molecule has 0 heterocycles. The Bertz CT molecular complexity index is 898. The molecule has 0 aliphatic rings. The van der Waals surface area contributed by atoms with Crippen molar-refractivity contribution in [3.63, 3.8) is 0 Å². The molecule has 0 spiro atoms. The van der Waals surface area contributed by atoms with E-state index in [0.29, 0.717) is 11.3 Å². The first-order valence-electron chi connectivity index (χ1n) is 7.99. The zero-order valence-corrected chi connectivity index (χ0v) is 15.6. The van der Waals surface area contributed by atoms with Crippen molar-refractivity contribution in [2.75, 3.05) is 11.9 Å². The van der Waals surface area contributed by atoms with E-state index in [1.54, 1.807) is 26.8 Å². The largest absolute Gasteiger partial charge is 0.483 e. The van der Waals surface area contributed by atoms with Crippen LogP contribution in [0.2, 0.25) is 0 Å². The van der Waals surface area contributed by atoms with Crippen LogP contribution in [0.5, 0.6) is 5.75 Å². The van der Waals surface area contributed by atoms with Crippen LogP contribution in [0.25, 0.3) is 0 Å². The van der Waals surface area contributed by atoms with Crippen molar-refractivity contribution in [3.8, 4) is 5.75 Å². The van der Waals surface area contributed by atoms with Crippen molar-refractivity contribution >= 4 is 21.6 Å². The quantitative estimate of drug-likeness (QED) is 0.774. The number of halogens is 1. The zero-order valence-electron chi connectivity index (χ0n) is 14.7. The van der Waals surface area contributed by atoms with E-state index < -0.39 is 21.7 Å². The number of benzene rings is 2. The Kier molecular flexibility index (Phi) is 6.33. The van der Waals surface area contributed by atoms with Gasteiger partial charge in [0, 0.05) is 6.04 Å². The van der Waals surface area contributed by atoms with E-state index in [4.69, 9.17) is 4.74 Å². The highest BCUT2D eigenvalue weighted by Crippen LogP contribution is 2.22. The molecule has 0 atom stereocenters. The average molecular weight is 380 g/mol. The molecule has 0 aliphatic heterocycles. The summed E-state index contributed by atoms with van der Waals surface area (Å²) in [5, 5.41) is 2.41. The van der Waals surface area contributed by atoms with E-state index >= 15 is 0 Å². The first kappa shape index (κ1) is 19.9. The van der Waals surface area contributed by atoms with Gasteiger partial charge in [-0.3, -0.25) is 4.79 Å². The Morgan fingerprint density at radius 1 is 1.19 bits per heavy atom. The van der Waals surface area contributed by atoms with E-state index in [1.807, 2.05) is 0 Å². The number of carbonyl (C=O) groups is 1. The number of nitrogens with one attached hydrogen (secondary N) is 2. The minimum absolute atomic E-state index is 0.0685. The number of ether oxygens (including phenoxy) is 1. The van der Waals surface area contributed by atoms with E-state index in [1.165, 1.54) is 36.4 Å². The maximum absolute atomic E-state index is 13.5. The molecule has 2 aromatic carbocycles. The Morgan fingerprint density at radius 2 is 1.88 bits per heavy atom. The number of amides is 1. The van der Waals surface area contributed by atoms with Gasteiger partial charge in [0.1, 0.15) is 11.6 Å². The van der Waals surface area contributed by atoms with E-state index in [0.717, 1.165) is 0 Å².